The number of hydrogen-bond acceptors (Lipinski definition) is 1. The highest BCUT2D eigenvalue weighted by Gasteiger charge is 2.43. The van der Waals surface area contributed by atoms with Crippen LogP contribution in [-0.2, 0) is 0 Å². The SMILES string of the molecule is CN1CC[C@@H](C(F)(F)F)C[C@H]1c1ccccc1. The van der Waals surface area contributed by atoms with Crippen molar-refractivity contribution in [2.45, 2.75) is 25.1 Å². The van der Waals surface area contributed by atoms with E-state index in [0.717, 1.165) is 5.56 Å². The zero-order valence-corrected chi connectivity index (χ0v) is 9.74. The minimum Gasteiger partial charge on any atom is -0.299 e. The lowest BCUT2D eigenvalue weighted by molar-refractivity contribution is -0.189. The molecule has 0 unspecified atom stereocenters. The molecule has 1 nitrogen and oxygen atoms in total. The predicted octanol–water partition coefficient (Wildman–Crippen LogP) is 3.63. The van der Waals surface area contributed by atoms with E-state index in [-0.39, 0.29) is 18.9 Å². The van der Waals surface area contributed by atoms with E-state index in [9.17, 15) is 13.2 Å². The molecule has 0 amide bonds. The van der Waals surface area contributed by atoms with Crippen LogP contribution in [0.5, 0.6) is 0 Å². The lowest BCUT2D eigenvalue weighted by Crippen LogP contribution is -2.39. The van der Waals surface area contributed by atoms with Crippen LogP contribution in [0.1, 0.15) is 24.4 Å². The summed E-state index contributed by atoms with van der Waals surface area (Å²) in [6, 6.07) is 9.32. The van der Waals surface area contributed by atoms with Gasteiger partial charge in [0.05, 0.1) is 5.92 Å². The monoisotopic (exact) mass is 243 g/mol. The van der Waals surface area contributed by atoms with Crippen molar-refractivity contribution < 1.29 is 13.2 Å². The standard InChI is InChI=1S/C13H16F3N/c1-17-8-7-11(13(14,15)16)9-12(17)10-5-3-2-4-6-10/h2-6,11-12H,7-9H2,1H3/t11-,12+/m1/s1. The normalized spacial score (nSPS) is 27.1. The molecule has 0 N–H and O–H groups in total. The Kier molecular flexibility index (Phi) is 3.43. The topological polar surface area (TPSA) is 3.24 Å². The van der Waals surface area contributed by atoms with Crippen LogP contribution in [0.4, 0.5) is 13.2 Å². The third-order valence-electron chi connectivity index (χ3n) is 3.52. The molecule has 17 heavy (non-hydrogen) atoms. The first-order valence-corrected chi connectivity index (χ1v) is 5.80. The van der Waals surface area contributed by atoms with Gasteiger partial charge < -0.3 is 0 Å². The molecule has 0 saturated carbocycles. The quantitative estimate of drug-likeness (QED) is 0.728. The lowest BCUT2D eigenvalue weighted by atomic mass is 9.87. The van der Waals surface area contributed by atoms with Crippen LogP contribution >= 0.6 is 0 Å². The van der Waals surface area contributed by atoms with Crippen molar-refractivity contribution in [3.05, 3.63) is 35.9 Å². The highest BCUT2D eigenvalue weighted by molar-refractivity contribution is 5.19. The number of alkyl halides is 3. The van der Waals surface area contributed by atoms with E-state index in [2.05, 4.69) is 0 Å². The smallest absolute Gasteiger partial charge is 0.299 e. The molecule has 2 rings (SSSR count). The second-order valence-electron chi connectivity index (χ2n) is 4.67. The van der Waals surface area contributed by atoms with Gasteiger partial charge in [-0.2, -0.15) is 13.2 Å². The highest BCUT2D eigenvalue weighted by Crippen LogP contribution is 2.41. The van der Waals surface area contributed by atoms with Gasteiger partial charge in [0.2, 0.25) is 0 Å². The molecule has 1 fully saturated rings. The molecular weight excluding hydrogens is 227 g/mol. The first-order chi connectivity index (χ1) is 7.98. The largest absolute Gasteiger partial charge is 0.391 e. The third kappa shape index (κ3) is 2.80. The summed E-state index contributed by atoms with van der Waals surface area (Å²) >= 11 is 0. The van der Waals surface area contributed by atoms with Crippen LogP contribution in [0, 0.1) is 5.92 Å². The van der Waals surface area contributed by atoms with Crippen molar-refractivity contribution in [2.24, 2.45) is 5.92 Å². The number of benzene rings is 1. The Hall–Kier alpha value is -1.03. The van der Waals surface area contributed by atoms with E-state index in [1.165, 1.54) is 0 Å². The molecule has 1 aromatic rings. The number of rotatable bonds is 1. The summed E-state index contributed by atoms with van der Waals surface area (Å²) in [4.78, 5) is 2.01. The Morgan fingerprint density at radius 2 is 1.82 bits per heavy atom. The van der Waals surface area contributed by atoms with E-state index in [1.54, 1.807) is 0 Å². The molecular formula is C13H16F3N. The Bertz CT molecular complexity index is 361. The van der Waals surface area contributed by atoms with Gasteiger partial charge in [0.1, 0.15) is 0 Å². The second-order valence-corrected chi connectivity index (χ2v) is 4.67. The van der Waals surface area contributed by atoms with Gasteiger partial charge in [0.25, 0.3) is 0 Å². The van der Waals surface area contributed by atoms with Crippen LogP contribution in [0.3, 0.4) is 0 Å². The number of hydrogen-bond donors (Lipinski definition) is 0. The maximum atomic E-state index is 12.7. The summed E-state index contributed by atoms with van der Waals surface area (Å²) in [6.07, 6.45) is -3.68. The Balaban J connectivity index is 2.16. The molecule has 94 valence electrons. The lowest BCUT2D eigenvalue weighted by Gasteiger charge is -2.38. The molecule has 0 aliphatic carbocycles. The van der Waals surface area contributed by atoms with Gasteiger partial charge in [0, 0.05) is 6.04 Å². The summed E-state index contributed by atoms with van der Waals surface area (Å²) in [7, 11) is 1.89. The van der Waals surface area contributed by atoms with E-state index in [0.29, 0.717) is 6.54 Å². The van der Waals surface area contributed by atoms with Crippen molar-refractivity contribution in [3.63, 3.8) is 0 Å². The summed E-state index contributed by atoms with van der Waals surface area (Å²) < 4.78 is 38.2. The van der Waals surface area contributed by atoms with Crippen LogP contribution < -0.4 is 0 Å². The molecule has 4 heteroatoms. The van der Waals surface area contributed by atoms with Gasteiger partial charge in [-0.25, -0.2) is 0 Å². The number of likely N-dealkylation sites (tertiary alicyclic amines) is 1. The summed E-state index contributed by atoms with van der Waals surface area (Å²) in [6.45, 7) is 0.504. The molecule has 1 aromatic carbocycles. The van der Waals surface area contributed by atoms with Crippen LogP contribution in [-0.4, -0.2) is 24.7 Å². The number of piperidine rings is 1. The first kappa shape index (κ1) is 12.4. The van der Waals surface area contributed by atoms with Crippen molar-refractivity contribution in [1.29, 1.82) is 0 Å². The van der Waals surface area contributed by atoms with Crippen LogP contribution in [0.25, 0.3) is 0 Å². The fraction of sp³-hybridized carbons (Fsp3) is 0.538. The minimum atomic E-state index is -4.06. The van der Waals surface area contributed by atoms with Crippen molar-refractivity contribution in [2.75, 3.05) is 13.6 Å². The third-order valence-corrected chi connectivity index (χ3v) is 3.52. The van der Waals surface area contributed by atoms with E-state index >= 15 is 0 Å². The number of nitrogens with zero attached hydrogens (tertiary/aromatic N) is 1. The average molecular weight is 243 g/mol. The summed E-state index contributed by atoms with van der Waals surface area (Å²) in [5.74, 6) is -1.16. The molecule has 1 heterocycles. The van der Waals surface area contributed by atoms with Crippen molar-refractivity contribution >= 4 is 0 Å². The fourth-order valence-electron chi connectivity index (χ4n) is 2.45. The van der Waals surface area contributed by atoms with Crippen molar-refractivity contribution in [1.82, 2.24) is 4.90 Å². The zero-order valence-electron chi connectivity index (χ0n) is 9.74. The molecule has 2 atom stereocenters. The maximum Gasteiger partial charge on any atom is 0.391 e. The maximum absolute atomic E-state index is 12.7. The second kappa shape index (κ2) is 4.69. The molecule has 0 spiro atoms. The highest BCUT2D eigenvalue weighted by atomic mass is 19.4. The van der Waals surface area contributed by atoms with E-state index in [4.69, 9.17) is 0 Å². The average Bonchev–Trinajstić information content (AvgIpc) is 2.29. The van der Waals surface area contributed by atoms with E-state index < -0.39 is 12.1 Å². The Morgan fingerprint density at radius 3 is 2.41 bits per heavy atom. The van der Waals surface area contributed by atoms with E-state index in [1.807, 2.05) is 42.3 Å². The summed E-state index contributed by atoms with van der Waals surface area (Å²) in [5.41, 5.74) is 0.976. The zero-order chi connectivity index (χ0) is 12.5. The van der Waals surface area contributed by atoms with Crippen LogP contribution in [0.15, 0.2) is 30.3 Å². The molecule has 0 radical (unpaired) electrons. The number of halogens is 3. The van der Waals surface area contributed by atoms with Crippen LogP contribution in [0.2, 0.25) is 0 Å². The van der Waals surface area contributed by atoms with Gasteiger partial charge in [-0.3, -0.25) is 4.90 Å². The Morgan fingerprint density at radius 1 is 1.18 bits per heavy atom. The predicted molar refractivity (Wildman–Crippen MR) is 60.6 cm³/mol. The van der Waals surface area contributed by atoms with Gasteiger partial charge in [-0.1, -0.05) is 30.3 Å². The van der Waals surface area contributed by atoms with Gasteiger partial charge in [0.15, 0.2) is 0 Å². The van der Waals surface area contributed by atoms with Crippen molar-refractivity contribution in [3.8, 4) is 0 Å². The molecule has 0 bridgehead atoms. The summed E-state index contributed by atoms with van der Waals surface area (Å²) in [5, 5.41) is 0. The minimum absolute atomic E-state index is 0.114. The fourth-order valence-corrected chi connectivity index (χ4v) is 2.45. The van der Waals surface area contributed by atoms with Gasteiger partial charge in [-0.15, -0.1) is 0 Å². The molecule has 1 saturated heterocycles. The molecule has 1 aliphatic rings. The van der Waals surface area contributed by atoms with Gasteiger partial charge in [-0.05, 0) is 32.0 Å². The first-order valence-electron chi connectivity index (χ1n) is 5.80. The molecule has 0 aromatic heterocycles. The Labute approximate surface area is 99.2 Å². The van der Waals surface area contributed by atoms with Gasteiger partial charge >= 0.3 is 6.18 Å². The molecule has 1 aliphatic heterocycles.